The van der Waals surface area contributed by atoms with E-state index >= 15 is 0 Å². The van der Waals surface area contributed by atoms with Crippen molar-refractivity contribution in [3.8, 4) is 0 Å². The lowest BCUT2D eigenvalue weighted by Crippen LogP contribution is -2.23. The van der Waals surface area contributed by atoms with Gasteiger partial charge in [-0.15, -0.1) is 0 Å². The maximum Gasteiger partial charge on any atom is 0.213 e. The Bertz CT molecular complexity index is 832. The van der Waals surface area contributed by atoms with Crippen LogP contribution in [0.4, 0.5) is 0 Å². The molecular weight excluding hydrogens is 597 g/mol. The van der Waals surface area contributed by atoms with Crippen LogP contribution in [-0.2, 0) is 28.7 Å². The minimum Gasteiger partial charge on any atom is -0.384 e. The van der Waals surface area contributed by atoms with Crippen LogP contribution in [0.15, 0.2) is 21.2 Å². The zero-order chi connectivity index (χ0) is 33.3. The van der Waals surface area contributed by atoms with Gasteiger partial charge in [0.15, 0.2) is 10.2 Å². The molecule has 0 unspecified atom stereocenters. The first-order chi connectivity index (χ1) is 21.0. The Morgan fingerprint density at radius 2 is 0.886 bits per heavy atom. The highest BCUT2D eigenvalue weighted by molar-refractivity contribution is 8.17. The summed E-state index contributed by atoms with van der Waals surface area (Å²) in [5, 5.41) is 0.212. The predicted molar refractivity (Wildman–Crippen MR) is 185 cm³/mol. The minimum absolute atomic E-state index is 0.0630. The highest BCUT2D eigenvalue weighted by atomic mass is 32.2. The zero-order valence-corrected chi connectivity index (χ0v) is 30.4. The number of carbonyl (C=O) groups excluding carboxylic acids is 4. The summed E-state index contributed by atoms with van der Waals surface area (Å²) in [6, 6.07) is 0. The number of hydrogen-bond acceptors (Lipinski definition) is 8. The topological polar surface area (TPSA) is 93.2 Å². The minimum atomic E-state index is -0.0630. The Hall–Kier alpha value is -1.62. The molecule has 0 saturated heterocycles. The molecule has 0 aromatic rings. The van der Waals surface area contributed by atoms with Gasteiger partial charge >= 0.3 is 0 Å². The molecule has 2 amide bonds. The standard InChI is InChI=1S/C34H60N2O6S2/c1-27(2)33(39)43-31(19-23-41-7)29(5)35(25-37)21-17-15-13-11-9-10-12-14-16-18-22-36(26-38)30(6)32(20-24-42-8)44-34(40)28(3)4/h25-28H,9-24H2,1-8H3/b31-29-,32-30-. The fourth-order valence-electron chi connectivity index (χ4n) is 4.38. The van der Waals surface area contributed by atoms with Crippen molar-refractivity contribution in [1.29, 1.82) is 0 Å². The largest absolute Gasteiger partial charge is 0.384 e. The predicted octanol–water partition coefficient (Wildman–Crippen LogP) is 8.17. The van der Waals surface area contributed by atoms with Crippen LogP contribution < -0.4 is 0 Å². The number of nitrogens with zero attached hydrogens (tertiary/aromatic N) is 2. The van der Waals surface area contributed by atoms with Crippen LogP contribution in [0.25, 0.3) is 0 Å². The average Bonchev–Trinajstić information content (AvgIpc) is 3.00. The lowest BCUT2D eigenvalue weighted by atomic mass is 10.1. The summed E-state index contributed by atoms with van der Waals surface area (Å²) in [6.45, 7) is 13.8. The van der Waals surface area contributed by atoms with E-state index in [1.807, 2.05) is 41.5 Å². The number of allylic oxidation sites excluding steroid dienone is 2. The third-order valence-corrected chi connectivity index (χ3v) is 10.3. The van der Waals surface area contributed by atoms with Crippen LogP contribution in [0.3, 0.4) is 0 Å². The highest BCUT2D eigenvalue weighted by Gasteiger charge is 2.18. The third-order valence-electron chi connectivity index (χ3n) is 7.43. The van der Waals surface area contributed by atoms with E-state index in [0.717, 1.165) is 72.5 Å². The van der Waals surface area contributed by atoms with E-state index < -0.39 is 0 Å². The summed E-state index contributed by atoms with van der Waals surface area (Å²) in [6.07, 6.45) is 14.1. The number of amides is 2. The number of rotatable bonds is 27. The van der Waals surface area contributed by atoms with Crippen LogP contribution in [0.1, 0.15) is 119 Å². The first-order valence-corrected chi connectivity index (χ1v) is 17.9. The van der Waals surface area contributed by atoms with Gasteiger partial charge in [-0.2, -0.15) is 0 Å². The molecular formula is C34H60N2O6S2. The van der Waals surface area contributed by atoms with Crippen molar-refractivity contribution in [2.75, 3.05) is 40.5 Å². The third kappa shape index (κ3) is 19.0. The summed E-state index contributed by atoms with van der Waals surface area (Å²) in [5.74, 6) is -0.126. The first-order valence-electron chi connectivity index (χ1n) is 16.3. The second-order valence-corrected chi connectivity index (χ2v) is 14.0. The van der Waals surface area contributed by atoms with Crippen molar-refractivity contribution < 1.29 is 28.7 Å². The number of thioether (sulfide) groups is 2. The maximum absolute atomic E-state index is 12.3. The van der Waals surface area contributed by atoms with Crippen LogP contribution >= 0.6 is 23.5 Å². The lowest BCUT2D eigenvalue weighted by Gasteiger charge is -2.22. The summed E-state index contributed by atoms with van der Waals surface area (Å²) >= 11 is 2.48. The molecule has 0 saturated carbocycles. The fourth-order valence-corrected chi connectivity index (χ4v) is 6.24. The van der Waals surface area contributed by atoms with E-state index in [1.165, 1.54) is 49.2 Å². The van der Waals surface area contributed by atoms with Crippen LogP contribution in [0.2, 0.25) is 0 Å². The Morgan fingerprint density at radius 3 is 1.14 bits per heavy atom. The number of methoxy groups -OCH3 is 2. The summed E-state index contributed by atoms with van der Waals surface area (Å²) in [5.41, 5.74) is 1.70. The normalized spacial score (nSPS) is 12.7. The fraction of sp³-hybridized carbons (Fsp3) is 0.765. The highest BCUT2D eigenvalue weighted by Crippen LogP contribution is 2.29. The van der Waals surface area contributed by atoms with Gasteiger partial charge in [0, 0.05) is 73.2 Å². The molecule has 8 nitrogen and oxygen atoms in total. The number of hydrogen-bond donors (Lipinski definition) is 0. The molecule has 0 aromatic heterocycles. The maximum atomic E-state index is 12.3. The van der Waals surface area contributed by atoms with Crippen LogP contribution in [0, 0.1) is 11.8 Å². The summed E-state index contributed by atoms with van der Waals surface area (Å²) in [4.78, 5) is 53.5. The Morgan fingerprint density at radius 1 is 0.591 bits per heavy atom. The second kappa shape index (κ2) is 26.6. The molecule has 0 fully saturated rings. The van der Waals surface area contributed by atoms with Gasteiger partial charge in [-0.05, 0) is 26.7 Å². The molecule has 0 aliphatic carbocycles. The van der Waals surface area contributed by atoms with Gasteiger partial charge in [0.05, 0.1) is 13.2 Å². The van der Waals surface area contributed by atoms with Crippen molar-refractivity contribution >= 4 is 46.6 Å². The van der Waals surface area contributed by atoms with Crippen molar-refractivity contribution in [3.05, 3.63) is 21.2 Å². The molecule has 0 aromatic carbocycles. The van der Waals surface area contributed by atoms with E-state index in [9.17, 15) is 19.2 Å². The van der Waals surface area contributed by atoms with Crippen LogP contribution in [0.5, 0.6) is 0 Å². The van der Waals surface area contributed by atoms with Gasteiger partial charge in [-0.3, -0.25) is 19.2 Å². The van der Waals surface area contributed by atoms with Crippen molar-refractivity contribution in [1.82, 2.24) is 9.80 Å². The Kier molecular flexibility index (Phi) is 25.6. The van der Waals surface area contributed by atoms with E-state index in [0.29, 0.717) is 39.1 Å². The van der Waals surface area contributed by atoms with Crippen LogP contribution in [-0.4, -0.2) is 73.4 Å². The van der Waals surface area contributed by atoms with E-state index in [-0.39, 0.29) is 22.1 Å². The van der Waals surface area contributed by atoms with Crippen molar-refractivity contribution in [3.63, 3.8) is 0 Å². The van der Waals surface area contributed by atoms with Gasteiger partial charge < -0.3 is 19.3 Å². The molecule has 10 heteroatoms. The molecule has 0 radical (unpaired) electrons. The quantitative estimate of drug-likeness (QED) is 0.0646. The zero-order valence-electron chi connectivity index (χ0n) is 28.8. The number of ether oxygens (including phenoxy) is 2. The lowest BCUT2D eigenvalue weighted by molar-refractivity contribution is -0.117. The molecule has 44 heavy (non-hydrogen) atoms. The smallest absolute Gasteiger partial charge is 0.213 e. The monoisotopic (exact) mass is 656 g/mol. The number of unbranched alkanes of at least 4 members (excludes halogenated alkanes) is 9. The first kappa shape index (κ1) is 42.4. The number of carbonyl (C=O) groups is 4. The molecule has 0 heterocycles. The molecule has 0 aliphatic heterocycles. The van der Waals surface area contributed by atoms with Gasteiger partial charge in [0.2, 0.25) is 12.8 Å². The molecule has 0 rings (SSSR count). The van der Waals surface area contributed by atoms with Gasteiger partial charge in [-0.25, -0.2) is 0 Å². The Balaban J connectivity index is 4.39. The summed E-state index contributed by atoms with van der Waals surface area (Å²) < 4.78 is 10.4. The molecule has 0 aliphatic rings. The van der Waals surface area contributed by atoms with Gasteiger partial charge in [0.1, 0.15) is 0 Å². The van der Waals surface area contributed by atoms with Crippen molar-refractivity contribution in [2.24, 2.45) is 11.8 Å². The van der Waals surface area contributed by atoms with Gasteiger partial charge in [0.25, 0.3) is 0 Å². The van der Waals surface area contributed by atoms with E-state index in [4.69, 9.17) is 9.47 Å². The molecule has 0 atom stereocenters. The van der Waals surface area contributed by atoms with E-state index in [2.05, 4.69) is 0 Å². The summed E-state index contributed by atoms with van der Waals surface area (Å²) in [7, 11) is 3.28. The van der Waals surface area contributed by atoms with E-state index in [1.54, 1.807) is 24.0 Å². The van der Waals surface area contributed by atoms with Crippen molar-refractivity contribution in [2.45, 2.75) is 119 Å². The molecule has 0 spiro atoms. The molecule has 0 N–H and O–H groups in total. The Labute approximate surface area is 276 Å². The van der Waals surface area contributed by atoms with Gasteiger partial charge in [-0.1, -0.05) is 103 Å². The molecule has 254 valence electrons. The second-order valence-electron chi connectivity index (χ2n) is 11.8. The SMILES string of the molecule is COCC/C(SC(=O)C(C)C)=C(\C)N(C=O)CCCCCCCCCCCCN(C=O)/C(C)=C(/CCOC)SC(=O)C(C)C. The molecule has 0 bridgehead atoms. The average molecular weight is 657 g/mol.